The molecular weight excluding hydrogens is 379 g/mol. The van der Waals surface area contributed by atoms with Gasteiger partial charge >= 0.3 is 6.18 Å². The van der Waals surface area contributed by atoms with Crippen molar-refractivity contribution in [3.63, 3.8) is 0 Å². The number of para-hydroxylation sites is 1. The molecule has 0 fully saturated rings. The van der Waals surface area contributed by atoms with Crippen LogP contribution < -0.4 is 5.32 Å². The number of benzene rings is 2. The standard InChI is InChI=1S/C22H14F3N3O/c23-22(24,25)15-4-3-5-16(12-15)27-21(29)18-13-20(14-8-10-26-11-9-14)28-19-7-2-1-6-17(18)19/h1-13H,(H,27,29). The maximum atomic E-state index is 13.0. The molecule has 0 aliphatic carbocycles. The molecule has 0 aliphatic heterocycles. The molecule has 2 heterocycles. The van der Waals surface area contributed by atoms with Crippen molar-refractivity contribution in [1.82, 2.24) is 9.97 Å². The summed E-state index contributed by atoms with van der Waals surface area (Å²) >= 11 is 0. The molecule has 0 aliphatic rings. The van der Waals surface area contributed by atoms with Gasteiger partial charge in [-0.1, -0.05) is 24.3 Å². The highest BCUT2D eigenvalue weighted by Gasteiger charge is 2.30. The number of halogens is 3. The van der Waals surface area contributed by atoms with Crippen LogP contribution in [-0.4, -0.2) is 15.9 Å². The van der Waals surface area contributed by atoms with Crippen LogP contribution in [0, 0.1) is 0 Å². The molecule has 7 heteroatoms. The number of fused-ring (bicyclic) bond motifs is 1. The molecule has 4 rings (SSSR count). The monoisotopic (exact) mass is 393 g/mol. The fourth-order valence-electron chi connectivity index (χ4n) is 3.01. The first-order chi connectivity index (χ1) is 13.9. The average molecular weight is 393 g/mol. The lowest BCUT2D eigenvalue weighted by Crippen LogP contribution is -2.14. The van der Waals surface area contributed by atoms with E-state index >= 15 is 0 Å². The van der Waals surface area contributed by atoms with Crippen LogP contribution in [0.3, 0.4) is 0 Å². The number of anilines is 1. The molecule has 144 valence electrons. The second-order valence-corrected chi connectivity index (χ2v) is 6.34. The van der Waals surface area contributed by atoms with Gasteiger partial charge in [-0.05, 0) is 42.5 Å². The van der Waals surface area contributed by atoms with E-state index < -0.39 is 17.6 Å². The third kappa shape index (κ3) is 3.94. The summed E-state index contributed by atoms with van der Waals surface area (Å²) in [7, 11) is 0. The third-order valence-corrected chi connectivity index (χ3v) is 4.38. The van der Waals surface area contributed by atoms with Gasteiger partial charge in [-0.15, -0.1) is 0 Å². The molecule has 2 aromatic carbocycles. The summed E-state index contributed by atoms with van der Waals surface area (Å²) in [5.41, 5.74) is 1.51. The second-order valence-electron chi connectivity index (χ2n) is 6.34. The zero-order chi connectivity index (χ0) is 20.4. The Bertz CT molecular complexity index is 1190. The molecule has 0 atom stereocenters. The maximum absolute atomic E-state index is 13.0. The summed E-state index contributed by atoms with van der Waals surface area (Å²) in [6.07, 6.45) is -1.25. The summed E-state index contributed by atoms with van der Waals surface area (Å²) in [4.78, 5) is 21.5. The third-order valence-electron chi connectivity index (χ3n) is 4.38. The van der Waals surface area contributed by atoms with Gasteiger partial charge < -0.3 is 5.32 Å². The van der Waals surface area contributed by atoms with Gasteiger partial charge in [0, 0.05) is 29.0 Å². The summed E-state index contributed by atoms with van der Waals surface area (Å²) in [5.74, 6) is -0.516. The summed E-state index contributed by atoms with van der Waals surface area (Å²) in [6, 6.07) is 16.8. The predicted octanol–water partition coefficient (Wildman–Crippen LogP) is 5.57. The number of nitrogens with zero attached hydrogens (tertiary/aromatic N) is 2. The molecule has 0 saturated carbocycles. The fraction of sp³-hybridized carbons (Fsp3) is 0.0455. The van der Waals surface area contributed by atoms with Crippen molar-refractivity contribution in [2.45, 2.75) is 6.18 Å². The molecule has 0 unspecified atom stereocenters. The number of rotatable bonds is 3. The van der Waals surface area contributed by atoms with E-state index in [9.17, 15) is 18.0 Å². The van der Waals surface area contributed by atoms with E-state index in [2.05, 4.69) is 15.3 Å². The quantitative estimate of drug-likeness (QED) is 0.495. The van der Waals surface area contributed by atoms with Gasteiger partial charge in [-0.2, -0.15) is 13.2 Å². The van der Waals surface area contributed by atoms with Gasteiger partial charge in [0.2, 0.25) is 0 Å². The van der Waals surface area contributed by atoms with Crippen molar-refractivity contribution < 1.29 is 18.0 Å². The lowest BCUT2D eigenvalue weighted by molar-refractivity contribution is -0.137. The van der Waals surface area contributed by atoms with Gasteiger partial charge in [0.1, 0.15) is 0 Å². The molecule has 0 radical (unpaired) electrons. The van der Waals surface area contributed by atoms with Gasteiger partial charge in [0.05, 0.1) is 22.3 Å². The van der Waals surface area contributed by atoms with Gasteiger partial charge in [0.25, 0.3) is 5.91 Å². The van der Waals surface area contributed by atoms with Crippen LogP contribution in [0.5, 0.6) is 0 Å². The molecule has 1 amide bonds. The molecular formula is C22H14F3N3O. The first kappa shape index (κ1) is 18.6. The molecule has 4 nitrogen and oxygen atoms in total. The average Bonchev–Trinajstić information content (AvgIpc) is 2.73. The van der Waals surface area contributed by atoms with Crippen LogP contribution in [0.15, 0.2) is 79.1 Å². The Hall–Kier alpha value is -3.74. The lowest BCUT2D eigenvalue weighted by Gasteiger charge is -2.12. The highest BCUT2D eigenvalue weighted by atomic mass is 19.4. The lowest BCUT2D eigenvalue weighted by atomic mass is 10.0. The minimum absolute atomic E-state index is 0.0659. The van der Waals surface area contributed by atoms with E-state index in [1.54, 1.807) is 54.9 Å². The van der Waals surface area contributed by atoms with E-state index in [1.165, 1.54) is 12.1 Å². The molecule has 0 saturated heterocycles. The minimum Gasteiger partial charge on any atom is -0.322 e. The van der Waals surface area contributed by atoms with E-state index in [-0.39, 0.29) is 5.69 Å². The Morgan fingerprint density at radius 2 is 1.66 bits per heavy atom. The predicted molar refractivity (Wildman–Crippen MR) is 104 cm³/mol. The number of hydrogen-bond acceptors (Lipinski definition) is 3. The van der Waals surface area contributed by atoms with E-state index in [1.807, 2.05) is 0 Å². The Labute approximate surface area is 164 Å². The normalized spacial score (nSPS) is 11.4. The Morgan fingerprint density at radius 3 is 2.41 bits per heavy atom. The summed E-state index contributed by atoms with van der Waals surface area (Å²) < 4.78 is 38.9. The van der Waals surface area contributed by atoms with Gasteiger partial charge in [0.15, 0.2) is 0 Å². The minimum atomic E-state index is -4.49. The van der Waals surface area contributed by atoms with Crippen LogP contribution in [0.1, 0.15) is 15.9 Å². The van der Waals surface area contributed by atoms with Crippen LogP contribution in [0.25, 0.3) is 22.2 Å². The molecule has 0 bridgehead atoms. The number of alkyl halides is 3. The highest BCUT2D eigenvalue weighted by molar-refractivity contribution is 6.13. The van der Waals surface area contributed by atoms with Crippen LogP contribution in [0.2, 0.25) is 0 Å². The Balaban J connectivity index is 1.76. The van der Waals surface area contributed by atoms with Crippen LogP contribution in [-0.2, 0) is 6.18 Å². The smallest absolute Gasteiger partial charge is 0.322 e. The Kier molecular flexibility index (Phi) is 4.72. The number of carbonyl (C=O) groups is 1. The van der Waals surface area contributed by atoms with Crippen molar-refractivity contribution in [2.75, 3.05) is 5.32 Å². The first-order valence-electron chi connectivity index (χ1n) is 8.70. The van der Waals surface area contributed by atoms with Gasteiger partial charge in [-0.3, -0.25) is 9.78 Å². The number of nitrogens with one attached hydrogen (secondary N) is 1. The maximum Gasteiger partial charge on any atom is 0.416 e. The zero-order valence-corrected chi connectivity index (χ0v) is 14.9. The molecule has 2 aromatic heterocycles. The Morgan fingerprint density at radius 1 is 0.897 bits per heavy atom. The highest BCUT2D eigenvalue weighted by Crippen LogP contribution is 2.31. The topological polar surface area (TPSA) is 54.9 Å². The number of carbonyl (C=O) groups excluding carboxylic acids is 1. The summed E-state index contributed by atoms with van der Waals surface area (Å²) in [5, 5.41) is 3.17. The number of hydrogen-bond donors (Lipinski definition) is 1. The van der Waals surface area contributed by atoms with Crippen molar-refractivity contribution in [2.24, 2.45) is 0 Å². The SMILES string of the molecule is O=C(Nc1cccc(C(F)(F)F)c1)c1cc(-c2ccncc2)nc2ccccc12. The molecule has 0 spiro atoms. The van der Waals surface area contributed by atoms with Gasteiger partial charge in [-0.25, -0.2) is 4.98 Å². The number of amides is 1. The number of aromatic nitrogens is 2. The zero-order valence-electron chi connectivity index (χ0n) is 14.9. The largest absolute Gasteiger partial charge is 0.416 e. The molecule has 1 N–H and O–H groups in total. The second kappa shape index (κ2) is 7.35. The van der Waals surface area contributed by atoms with Crippen LogP contribution >= 0.6 is 0 Å². The van der Waals surface area contributed by atoms with E-state index in [4.69, 9.17) is 0 Å². The molecule has 29 heavy (non-hydrogen) atoms. The van der Waals surface area contributed by atoms with Crippen molar-refractivity contribution in [3.8, 4) is 11.3 Å². The summed E-state index contributed by atoms with van der Waals surface area (Å²) in [6.45, 7) is 0. The fourth-order valence-corrected chi connectivity index (χ4v) is 3.01. The van der Waals surface area contributed by atoms with Crippen LogP contribution in [0.4, 0.5) is 18.9 Å². The van der Waals surface area contributed by atoms with Crippen molar-refractivity contribution in [3.05, 3.63) is 90.3 Å². The molecule has 4 aromatic rings. The van der Waals surface area contributed by atoms with Crippen molar-refractivity contribution in [1.29, 1.82) is 0 Å². The van der Waals surface area contributed by atoms with E-state index in [0.717, 1.165) is 17.7 Å². The number of pyridine rings is 2. The van der Waals surface area contributed by atoms with Crippen molar-refractivity contribution >= 4 is 22.5 Å². The van der Waals surface area contributed by atoms with E-state index in [0.29, 0.717) is 22.2 Å². The first-order valence-corrected chi connectivity index (χ1v) is 8.70.